The molecular weight excluding hydrogens is 300 g/mol. The highest BCUT2D eigenvalue weighted by atomic mass is 35.5. The molecule has 3 nitrogen and oxygen atoms in total. The van der Waals surface area contributed by atoms with Gasteiger partial charge in [-0.15, -0.1) is 0 Å². The van der Waals surface area contributed by atoms with Gasteiger partial charge >= 0.3 is 5.97 Å². The summed E-state index contributed by atoms with van der Waals surface area (Å²) in [5.74, 6) is -2.12. The minimum atomic E-state index is -1.20. The third kappa shape index (κ3) is 3.49. The van der Waals surface area contributed by atoms with Crippen LogP contribution in [0.25, 0.3) is 0 Å². The number of benzene rings is 2. The Bertz CT molecular complexity index is 664. The number of carbonyl (C=O) groups excluding carboxylic acids is 1. The highest BCUT2D eigenvalue weighted by Gasteiger charge is 2.25. The van der Waals surface area contributed by atoms with E-state index in [-0.39, 0.29) is 5.56 Å². The molecule has 21 heavy (non-hydrogen) atoms. The molecule has 110 valence electrons. The fraction of sp³-hybridized carbons (Fsp3) is 0.133. The topological polar surface area (TPSA) is 38.3 Å². The van der Waals surface area contributed by atoms with Crippen molar-refractivity contribution >= 4 is 23.3 Å². The molecule has 0 heterocycles. The highest BCUT2D eigenvalue weighted by Crippen LogP contribution is 2.28. The number of methoxy groups -OCH3 is 1. The number of ether oxygens (including phenoxy) is 1. The van der Waals surface area contributed by atoms with Crippen molar-refractivity contribution in [1.29, 1.82) is 0 Å². The van der Waals surface area contributed by atoms with Crippen molar-refractivity contribution in [2.24, 2.45) is 0 Å². The monoisotopic (exact) mass is 311 g/mol. The van der Waals surface area contributed by atoms with Gasteiger partial charge in [0, 0.05) is 5.56 Å². The van der Waals surface area contributed by atoms with Crippen LogP contribution in [0.3, 0.4) is 0 Å². The largest absolute Gasteiger partial charge is 0.467 e. The molecule has 1 unspecified atom stereocenters. The van der Waals surface area contributed by atoms with E-state index in [1.807, 2.05) is 0 Å². The van der Waals surface area contributed by atoms with E-state index < -0.39 is 23.6 Å². The predicted octanol–water partition coefficient (Wildman–Crippen LogP) is 3.94. The van der Waals surface area contributed by atoms with Crippen LogP contribution < -0.4 is 5.32 Å². The smallest absolute Gasteiger partial charge is 0.333 e. The zero-order valence-corrected chi connectivity index (χ0v) is 11.8. The third-order valence-corrected chi connectivity index (χ3v) is 3.21. The predicted molar refractivity (Wildman–Crippen MR) is 76.2 cm³/mol. The minimum absolute atomic E-state index is 0.151. The molecule has 1 atom stereocenters. The van der Waals surface area contributed by atoms with Crippen LogP contribution in [0.2, 0.25) is 5.02 Å². The molecule has 0 aromatic heterocycles. The molecule has 0 bridgehead atoms. The molecule has 0 fully saturated rings. The second kappa shape index (κ2) is 6.54. The van der Waals surface area contributed by atoms with E-state index in [1.54, 1.807) is 24.3 Å². The Labute approximate surface area is 125 Å². The van der Waals surface area contributed by atoms with E-state index in [9.17, 15) is 13.6 Å². The summed E-state index contributed by atoms with van der Waals surface area (Å²) in [6.45, 7) is 0. The standard InChI is InChI=1S/C15H12ClF2NO2/c1-21-15(20)14(10-8-9(17)6-7-12(10)18)19-13-5-3-2-4-11(13)16/h2-8,14,19H,1H3. The first kappa shape index (κ1) is 15.3. The van der Waals surface area contributed by atoms with Gasteiger partial charge in [0.1, 0.15) is 11.6 Å². The Morgan fingerprint density at radius 2 is 1.95 bits per heavy atom. The maximum absolute atomic E-state index is 13.9. The van der Waals surface area contributed by atoms with Gasteiger partial charge in [0.2, 0.25) is 0 Å². The van der Waals surface area contributed by atoms with Gasteiger partial charge in [0.05, 0.1) is 17.8 Å². The van der Waals surface area contributed by atoms with E-state index in [0.717, 1.165) is 18.2 Å². The Morgan fingerprint density at radius 1 is 1.24 bits per heavy atom. The Balaban J connectivity index is 2.42. The Hall–Kier alpha value is -2.14. The first-order valence-corrected chi connectivity index (χ1v) is 6.44. The molecule has 0 radical (unpaired) electrons. The van der Waals surface area contributed by atoms with Crippen LogP contribution in [0.4, 0.5) is 14.5 Å². The lowest BCUT2D eigenvalue weighted by Crippen LogP contribution is -2.23. The molecule has 0 aliphatic carbocycles. The molecule has 0 aliphatic rings. The highest BCUT2D eigenvalue weighted by molar-refractivity contribution is 6.33. The summed E-state index contributed by atoms with van der Waals surface area (Å²) in [6.07, 6.45) is 0. The lowest BCUT2D eigenvalue weighted by Gasteiger charge is -2.19. The third-order valence-electron chi connectivity index (χ3n) is 2.88. The number of hydrogen-bond donors (Lipinski definition) is 1. The summed E-state index contributed by atoms with van der Waals surface area (Å²) in [6, 6.07) is 8.31. The maximum Gasteiger partial charge on any atom is 0.333 e. The van der Waals surface area contributed by atoms with Crippen LogP contribution in [0, 0.1) is 11.6 Å². The Kier molecular flexibility index (Phi) is 4.75. The van der Waals surface area contributed by atoms with Crippen LogP contribution in [-0.4, -0.2) is 13.1 Å². The molecule has 0 spiro atoms. The number of hydrogen-bond acceptors (Lipinski definition) is 3. The summed E-state index contributed by atoms with van der Waals surface area (Å²) in [7, 11) is 1.17. The average Bonchev–Trinajstić information content (AvgIpc) is 2.48. The van der Waals surface area contributed by atoms with Crippen LogP contribution in [-0.2, 0) is 9.53 Å². The second-order valence-electron chi connectivity index (χ2n) is 4.25. The van der Waals surface area contributed by atoms with Crippen molar-refractivity contribution in [2.75, 3.05) is 12.4 Å². The number of para-hydroxylation sites is 1. The van der Waals surface area contributed by atoms with Crippen LogP contribution >= 0.6 is 11.6 Å². The normalized spacial score (nSPS) is 11.8. The number of esters is 1. The molecular formula is C15H12ClF2NO2. The van der Waals surface area contributed by atoms with Crippen molar-refractivity contribution in [3.05, 3.63) is 64.7 Å². The molecule has 2 aromatic carbocycles. The van der Waals surface area contributed by atoms with Crippen molar-refractivity contribution < 1.29 is 18.3 Å². The summed E-state index contributed by atoms with van der Waals surface area (Å²) in [5.41, 5.74) is 0.264. The van der Waals surface area contributed by atoms with E-state index >= 15 is 0 Å². The number of rotatable bonds is 4. The molecule has 2 rings (SSSR count). The lowest BCUT2D eigenvalue weighted by molar-refractivity contribution is -0.141. The summed E-state index contributed by atoms with van der Waals surface area (Å²) in [4.78, 5) is 11.9. The zero-order valence-electron chi connectivity index (χ0n) is 11.1. The van der Waals surface area contributed by atoms with E-state index in [1.165, 1.54) is 7.11 Å². The van der Waals surface area contributed by atoms with Crippen molar-refractivity contribution in [3.63, 3.8) is 0 Å². The SMILES string of the molecule is COC(=O)C(Nc1ccccc1Cl)c1cc(F)ccc1F. The molecule has 0 saturated heterocycles. The number of halogens is 3. The first-order valence-electron chi connectivity index (χ1n) is 6.06. The number of anilines is 1. The van der Waals surface area contributed by atoms with Crippen molar-refractivity contribution in [3.8, 4) is 0 Å². The zero-order chi connectivity index (χ0) is 15.4. The van der Waals surface area contributed by atoms with E-state index in [2.05, 4.69) is 10.1 Å². The summed E-state index contributed by atoms with van der Waals surface area (Å²) < 4.78 is 31.8. The fourth-order valence-corrected chi connectivity index (χ4v) is 2.04. The molecule has 1 N–H and O–H groups in total. The maximum atomic E-state index is 13.9. The Morgan fingerprint density at radius 3 is 2.62 bits per heavy atom. The van der Waals surface area contributed by atoms with Gasteiger partial charge in [-0.05, 0) is 30.3 Å². The first-order chi connectivity index (χ1) is 10.0. The van der Waals surface area contributed by atoms with Crippen molar-refractivity contribution in [1.82, 2.24) is 0 Å². The minimum Gasteiger partial charge on any atom is -0.467 e. The van der Waals surface area contributed by atoms with Gasteiger partial charge in [0.15, 0.2) is 6.04 Å². The van der Waals surface area contributed by atoms with Gasteiger partial charge in [-0.3, -0.25) is 0 Å². The van der Waals surface area contributed by atoms with Gasteiger partial charge in [-0.2, -0.15) is 0 Å². The fourth-order valence-electron chi connectivity index (χ4n) is 1.85. The lowest BCUT2D eigenvalue weighted by atomic mass is 10.1. The van der Waals surface area contributed by atoms with Gasteiger partial charge in [-0.1, -0.05) is 23.7 Å². The van der Waals surface area contributed by atoms with Gasteiger partial charge in [-0.25, -0.2) is 13.6 Å². The van der Waals surface area contributed by atoms with Crippen LogP contribution in [0.1, 0.15) is 11.6 Å². The quantitative estimate of drug-likeness (QED) is 0.869. The van der Waals surface area contributed by atoms with Gasteiger partial charge in [0.25, 0.3) is 0 Å². The van der Waals surface area contributed by atoms with Crippen LogP contribution in [0.5, 0.6) is 0 Å². The van der Waals surface area contributed by atoms with Crippen molar-refractivity contribution in [2.45, 2.75) is 6.04 Å². The number of nitrogens with one attached hydrogen (secondary N) is 1. The summed E-state index contributed by atoms with van der Waals surface area (Å²) >= 11 is 5.99. The van der Waals surface area contributed by atoms with Crippen LogP contribution in [0.15, 0.2) is 42.5 Å². The number of carbonyl (C=O) groups is 1. The van der Waals surface area contributed by atoms with E-state index in [4.69, 9.17) is 11.6 Å². The van der Waals surface area contributed by atoms with Gasteiger partial charge < -0.3 is 10.1 Å². The molecule has 2 aromatic rings. The average molecular weight is 312 g/mol. The summed E-state index contributed by atoms with van der Waals surface area (Å²) in [5, 5.41) is 3.12. The van der Waals surface area contributed by atoms with E-state index in [0.29, 0.717) is 10.7 Å². The molecule has 0 amide bonds. The second-order valence-corrected chi connectivity index (χ2v) is 4.65. The molecule has 0 saturated carbocycles. The molecule has 6 heteroatoms. The molecule has 0 aliphatic heterocycles.